The number of rotatable bonds is 5. The highest BCUT2D eigenvalue weighted by Gasteiger charge is 2.21. The van der Waals surface area contributed by atoms with Crippen molar-refractivity contribution in [1.29, 1.82) is 0 Å². The van der Waals surface area contributed by atoms with Crippen molar-refractivity contribution in [2.75, 3.05) is 5.32 Å². The second kappa shape index (κ2) is 6.05. The average molecular weight is 318 g/mol. The van der Waals surface area contributed by atoms with Crippen LogP contribution in [0.4, 0.5) is 28.4 Å². The fraction of sp³-hybridized carbons (Fsp3) is 0.0769. The second-order valence-electron chi connectivity index (χ2n) is 4.55. The Labute approximate surface area is 128 Å². The lowest BCUT2D eigenvalue weighted by Crippen LogP contribution is -2.01. The highest BCUT2D eigenvalue weighted by Crippen LogP contribution is 2.34. The monoisotopic (exact) mass is 318 g/mol. The van der Waals surface area contributed by atoms with E-state index in [-0.39, 0.29) is 11.4 Å². The van der Waals surface area contributed by atoms with Crippen molar-refractivity contribution in [3.05, 3.63) is 72.3 Å². The summed E-state index contributed by atoms with van der Waals surface area (Å²) in [5, 5.41) is 35.4. The number of nitrogens with zero attached hydrogens (tertiary/aromatic N) is 3. The minimum atomic E-state index is -0.762. The van der Waals surface area contributed by atoms with Crippen LogP contribution < -0.4 is 5.32 Å². The number of hydrogen-bond donors (Lipinski definition) is 1. The van der Waals surface area contributed by atoms with Crippen LogP contribution in [-0.2, 0) is 0 Å². The molecule has 0 aliphatic rings. The summed E-state index contributed by atoms with van der Waals surface area (Å²) in [6.07, 6.45) is 0. The molecule has 0 saturated carbocycles. The first-order valence-corrected chi connectivity index (χ1v) is 6.25. The molecule has 0 unspecified atom stereocenters. The van der Waals surface area contributed by atoms with Gasteiger partial charge in [0.15, 0.2) is 0 Å². The SMILES string of the molecule is Cc1c(Nc2ccc([N+](=O)[O-])cc2[N+](=O)[O-])cccc1[N+](=O)[O-]. The molecule has 10 heteroatoms. The van der Waals surface area contributed by atoms with E-state index in [4.69, 9.17) is 0 Å². The van der Waals surface area contributed by atoms with E-state index in [1.165, 1.54) is 31.2 Å². The van der Waals surface area contributed by atoms with Gasteiger partial charge in [-0.05, 0) is 19.1 Å². The van der Waals surface area contributed by atoms with Gasteiger partial charge in [0.2, 0.25) is 0 Å². The van der Waals surface area contributed by atoms with Crippen molar-refractivity contribution in [1.82, 2.24) is 0 Å². The lowest BCUT2D eigenvalue weighted by Gasteiger charge is -2.10. The molecule has 0 bridgehead atoms. The van der Waals surface area contributed by atoms with Gasteiger partial charge in [0, 0.05) is 17.8 Å². The zero-order valence-electron chi connectivity index (χ0n) is 11.8. The van der Waals surface area contributed by atoms with Crippen LogP contribution in [-0.4, -0.2) is 14.8 Å². The van der Waals surface area contributed by atoms with E-state index < -0.39 is 26.1 Å². The van der Waals surface area contributed by atoms with Crippen LogP contribution in [0.3, 0.4) is 0 Å². The Balaban J connectivity index is 2.48. The molecule has 0 aliphatic carbocycles. The van der Waals surface area contributed by atoms with Gasteiger partial charge in [-0.2, -0.15) is 0 Å². The van der Waals surface area contributed by atoms with Gasteiger partial charge in [-0.25, -0.2) is 0 Å². The number of benzene rings is 2. The van der Waals surface area contributed by atoms with Gasteiger partial charge in [0.05, 0.1) is 26.4 Å². The summed E-state index contributed by atoms with van der Waals surface area (Å²) >= 11 is 0. The highest BCUT2D eigenvalue weighted by atomic mass is 16.6. The molecular formula is C13H10N4O6. The quantitative estimate of drug-likeness (QED) is 0.657. The van der Waals surface area contributed by atoms with Gasteiger partial charge < -0.3 is 5.32 Å². The molecule has 0 fully saturated rings. The van der Waals surface area contributed by atoms with Crippen molar-refractivity contribution in [3.8, 4) is 0 Å². The van der Waals surface area contributed by atoms with Gasteiger partial charge in [-0.3, -0.25) is 30.3 Å². The van der Waals surface area contributed by atoms with Crippen molar-refractivity contribution >= 4 is 28.4 Å². The number of non-ortho nitro benzene ring substituents is 1. The topological polar surface area (TPSA) is 141 Å². The van der Waals surface area contributed by atoms with E-state index >= 15 is 0 Å². The van der Waals surface area contributed by atoms with E-state index in [9.17, 15) is 30.3 Å². The fourth-order valence-electron chi connectivity index (χ4n) is 1.99. The van der Waals surface area contributed by atoms with Gasteiger partial charge in [0.1, 0.15) is 5.69 Å². The smallest absolute Gasteiger partial charge is 0.299 e. The molecule has 10 nitrogen and oxygen atoms in total. The lowest BCUT2D eigenvalue weighted by atomic mass is 10.1. The first-order valence-electron chi connectivity index (χ1n) is 6.25. The fourth-order valence-corrected chi connectivity index (χ4v) is 1.99. The van der Waals surface area contributed by atoms with Gasteiger partial charge in [-0.1, -0.05) is 6.07 Å². The molecule has 0 heterocycles. The molecule has 0 amide bonds. The summed E-state index contributed by atoms with van der Waals surface area (Å²) in [5.41, 5.74) is -0.451. The first kappa shape index (κ1) is 15.8. The molecule has 2 rings (SSSR count). The zero-order chi connectivity index (χ0) is 17.1. The van der Waals surface area contributed by atoms with E-state index in [0.717, 1.165) is 12.1 Å². The standard InChI is InChI=1S/C13H10N4O6/c1-8-10(3-2-4-12(8)16(20)21)14-11-6-5-9(15(18)19)7-13(11)17(22)23/h2-7,14H,1H3. The Bertz CT molecular complexity index is 820. The summed E-state index contributed by atoms with van der Waals surface area (Å²) in [6.45, 7) is 1.50. The lowest BCUT2D eigenvalue weighted by molar-refractivity contribution is -0.393. The highest BCUT2D eigenvalue weighted by molar-refractivity contribution is 5.74. The Morgan fingerprint density at radius 3 is 2.04 bits per heavy atom. The van der Waals surface area contributed by atoms with Crippen LogP contribution in [0.5, 0.6) is 0 Å². The maximum atomic E-state index is 11.1. The van der Waals surface area contributed by atoms with Crippen LogP contribution >= 0.6 is 0 Å². The van der Waals surface area contributed by atoms with Crippen molar-refractivity contribution in [3.63, 3.8) is 0 Å². The zero-order valence-corrected chi connectivity index (χ0v) is 11.8. The number of nitrogens with one attached hydrogen (secondary N) is 1. The van der Waals surface area contributed by atoms with Gasteiger partial charge in [-0.15, -0.1) is 0 Å². The van der Waals surface area contributed by atoms with Crippen molar-refractivity contribution < 1.29 is 14.8 Å². The number of nitro groups is 3. The molecule has 2 aromatic carbocycles. The molecular weight excluding hydrogens is 308 g/mol. The molecule has 0 saturated heterocycles. The van der Waals surface area contributed by atoms with Crippen molar-refractivity contribution in [2.24, 2.45) is 0 Å². The van der Waals surface area contributed by atoms with E-state index in [2.05, 4.69) is 5.32 Å². The predicted octanol–water partition coefficient (Wildman–Crippen LogP) is 3.46. The number of hydrogen-bond acceptors (Lipinski definition) is 7. The molecule has 23 heavy (non-hydrogen) atoms. The van der Waals surface area contributed by atoms with Crippen LogP contribution in [0.15, 0.2) is 36.4 Å². The van der Waals surface area contributed by atoms with Crippen LogP contribution in [0.25, 0.3) is 0 Å². The Kier molecular flexibility index (Phi) is 4.16. The van der Waals surface area contributed by atoms with E-state index in [1.54, 1.807) is 0 Å². The molecule has 118 valence electrons. The summed E-state index contributed by atoms with van der Waals surface area (Å²) in [5.74, 6) is 0. The number of nitro benzene ring substituents is 3. The van der Waals surface area contributed by atoms with Crippen LogP contribution in [0, 0.1) is 37.3 Å². The third-order valence-corrected chi connectivity index (χ3v) is 3.16. The summed E-state index contributed by atoms with van der Waals surface area (Å²) in [4.78, 5) is 30.6. The number of anilines is 2. The largest absolute Gasteiger partial charge is 0.349 e. The average Bonchev–Trinajstić information content (AvgIpc) is 2.48. The molecule has 1 N–H and O–H groups in total. The molecule has 0 aromatic heterocycles. The van der Waals surface area contributed by atoms with Gasteiger partial charge >= 0.3 is 0 Å². The van der Waals surface area contributed by atoms with E-state index in [0.29, 0.717) is 11.3 Å². The normalized spacial score (nSPS) is 10.1. The molecule has 2 aromatic rings. The maximum Gasteiger partial charge on any atom is 0.299 e. The minimum absolute atomic E-state index is 0.00389. The van der Waals surface area contributed by atoms with Crippen LogP contribution in [0.1, 0.15) is 5.56 Å². The second-order valence-corrected chi connectivity index (χ2v) is 4.55. The molecule has 0 spiro atoms. The third kappa shape index (κ3) is 3.20. The predicted molar refractivity (Wildman–Crippen MR) is 80.9 cm³/mol. The van der Waals surface area contributed by atoms with Crippen LogP contribution in [0.2, 0.25) is 0 Å². The first-order chi connectivity index (χ1) is 10.8. The molecule has 0 radical (unpaired) electrons. The van der Waals surface area contributed by atoms with Gasteiger partial charge in [0.25, 0.3) is 17.1 Å². The molecule has 0 atom stereocenters. The Morgan fingerprint density at radius 1 is 0.826 bits per heavy atom. The minimum Gasteiger partial charge on any atom is -0.349 e. The Hall–Kier alpha value is -3.56. The Morgan fingerprint density at radius 2 is 1.48 bits per heavy atom. The summed E-state index contributed by atoms with van der Waals surface area (Å²) in [6, 6.07) is 7.40. The molecule has 0 aliphatic heterocycles. The maximum absolute atomic E-state index is 11.1. The summed E-state index contributed by atoms with van der Waals surface area (Å²) in [7, 11) is 0. The van der Waals surface area contributed by atoms with Crippen molar-refractivity contribution in [2.45, 2.75) is 6.92 Å². The van der Waals surface area contributed by atoms with E-state index in [1.807, 2.05) is 0 Å². The summed E-state index contributed by atoms with van der Waals surface area (Å²) < 4.78 is 0. The third-order valence-electron chi connectivity index (χ3n) is 3.16.